The molecule has 1 unspecified atom stereocenters. The third-order valence-electron chi connectivity index (χ3n) is 9.05. The van der Waals surface area contributed by atoms with Crippen LogP contribution in [0, 0.1) is 5.82 Å². The molecule has 2 fully saturated rings. The van der Waals surface area contributed by atoms with E-state index in [1.807, 2.05) is 46.4 Å². The van der Waals surface area contributed by atoms with Crippen LogP contribution in [0.2, 0.25) is 0 Å². The van der Waals surface area contributed by atoms with E-state index in [-0.39, 0.29) is 42.2 Å². The highest BCUT2D eigenvalue weighted by Gasteiger charge is 2.35. The van der Waals surface area contributed by atoms with Crippen LogP contribution in [0.25, 0.3) is 11.1 Å². The maximum absolute atomic E-state index is 15.7. The topological polar surface area (TPSA) is 109 Å². The third-order valence-corrected chi connectivity index (χ3v) is 9.05. The summed E-state index contributed by atoms with van der Waals surface area (Å²) >= 11 is 0. The summed E-state index contributed by atoms with van der Waals surface area (Å²) in [7, 11) is 1.61. The van der Waals surface area contributed by atoms with Crippen LogP contribution >= 0.6 is 0 Å². The van der Waals surface area contributed by atoms with Gasteiger partial charge >= 0.3 is 6.09 Å². The van der Waals surface area contributed by atoms with Gasteiger partial charge in [-0.2, -0.15) is 0 Å². The lowest BCUT2D eigenvalue weighted by Gasteiger charge is -2.42. The zero-order valence-electron chi connectivity index (χ0n) is 30.2. The van der Waals surface area contributed by atoms with E-state index in [0.717, 1.165) is 18.4 Å². The molecule has 0 spiro atoms. The van der Waals surface area contributed by atoms with E-state index in [1.165, 1.54) is 12.1 Å². The summed E-state index contributed by atoms with van der Waals surface area (Å²) in [4.78, 5) is 46.1. The molecule has 2 aromatic carbocycles. The van der Waals surface area contributed by atoms with E-state index >= 15 is 4.39 Å². The van der Waals surface area contributed by atoms with Gasteiger partial charge in [-0.15, -0.1) is 0 Å². The molecule has 0 bridgehead atoms. The van der Waals surface area contributed by atoms with E-state index in [2.05, 4.69) is 0 Å². The van der Waals surface area contributed by atoms with Gasteiger partial charge in [0.2, 0.25) is 0 Å². The lowest BCUT2D eigenvalue weighted by molar-refractivity contribution is 0.00749. The molecule has 0 aromatic heterocycles. The summed E-state index contributed by atoms with van der Waals surface area (Å²) in [6.07, 6.45) is 2.74. The Balaban J connectivity index is 1.72. The molecular weight excluding hydrogens is 629 g/mol. The SMILES string of the molecule is CCc1cc(-c2cc(C(=O)N3CCC(O)CC3)ccc2F)c(OCCCOC)cc1C(=O)N(C(C)C)C1CCCN(C(=O)OC(C)(C)C)C1. The lowest BCUT2D eigenvalue weighted by atomic mass is 9.93. The number of rotatable bonds is 11. The molecule has 1 N–H and O–H groups in total. The number of carbonyl (C=O) groups is 3. The predicted molar refractivity (Wildman–Crippen MR) is 186 cm³/mol. The van der Waals surface area contributed by atoms with Crippen molar-refractivity contribution in [3.63, 3.8) is 0 Å². The van der Waals surface area contributed by atoms with Crippen molar-refractivity contribution in [2.75, 3.05) is 46.5 Å². The second kappa shape index (κ2) is 16.8. The lowest BCUT2D eigenvalue weighted by Crippen LogP contribution is -2.54. The van der Waals surface area contributed by atoms with E-state index in [4.69, 9.17) is 14.2 Å². The summed E-state index contributed by atoms with van der Waals surface area (Å²) < 4.78 is 32.7. The minimum Gasteiger partial charge on any atom is -0.493 e. The average Bonchev–Trinajstić information content (AvgIpc) is 3.06. The highest BCUT2D eigenvalue weighted by atomic mass is 19.1. The van der Waals surface area contributed by atoms with Gasteiger partial charge in [0.25, 0.3) is 11.8 Å². The van der Waals surface area contributed by atoms with Crippen LogP contribution < -0.4 is 4.74 Å². The maximum Gasteiger partial charge on any atom is 0.410 e. The van der Waals surface area contributed by atoms with Gasteiger partial charge in [-0.05, 0) is 103 Å². The van der Waals surface area contributed by atoms with Crippen molar-refractivity contribution < 1.29 is 38.1 Å². The van der Waals surface area contributed by atoms with Gasteiger partial charge in [-0.3, -0.25) is 9.59 Å². The number of aliphatic hydroxyl groups excluding tert-OH is 1. The highest BCUT2D eigenvalue weighted by Crippen LogP contribution is 2.37. The fourth-order valence-corrected chi connectivity index (χ4v) is 6.58. The molecule has 2 saturated heterocycles. The number of amides is 3. The molecule has 49 heavy (non-hydrogen) atoms. The van der Waals surface area contributed by atoms with Crippen LogP contribution in [0.3, 0.4) is 0 Å². The third kappa shape index (κ3) is 9.72. The Morgan fingerprint density at radius 2 is 1.71 bits per heavy atom. The molecule has 2 aliphatic heterocycles. The van der Waals surface area contributed by atoms with E-state index in [1.54, 1.807) is 35.1 Å². The summed E-state index contributed by atoms with van der Waals surface area (Å²) in [5, 5.41) is 9.91. The fraction of sp³-hybridized carbons (Fsp3) is 0.605. The Bertz CT molecular complexity index is 1470. The number of piperidine rings is 2. The molecule has 270 valence electrons. The van der Waals surface area contributed by atoms with Crippen molar-refractivity contribution in [3.8, 4) is 16.9 Å². The normalized spacial score (nSPS) is 17.3. The number of nitrogens with zero attached hydrogens (tertiary/aromatic N) is 3. The van der Waals surface area contributed by atoms with Crippen LogP contribution in [0.1, 0.15) is 99.9 Å². The number of hydrogen-bond acceptors (Lipinski definition) is 7. The number of methoxy groups -OCH3 is 1. The second-order valence-corrected chi connectivity index (χ2v) is 14.3. The van der Waals surface area contributed by atoms with E-state index in [9.17, 15) is 19.5 Å². The van der Waals surface area contributed by atoms with E-state index in [0.29, 0.717) is 80.9 Å². The van der Waals surface area contributed by atoms with Gasteiger partial charge in [0, 0.05) is 74.6 Å². The van der Waals surface area contributed by atoms with Gasteiger partial charge in [-0.1, -0.05) is 6.92 Å². The first-order valence-electron chi connectivity index (χ1n) is 17.6. The number of ether oxygens (including phenoxy) is 3. The number of aliphatic hydroxyl groups is 1. The molecule has 4 rings (SSSR count). The van der Waals surface area contributed by atoms with Gasteiger partial charge in [0.05, 0.1) is 18.8 Å². The van der Waals surface area contributed by atoms with Gasteiger partial charge in [-0.25, -0.2) is 9.18 Å². The van der Waals surface area contributed by atoms with Crippen LogP contribution in [0.15, 0.2) is 30.3 Å². The van der Waals surface area contributed by atoms with Crippen molar-refractivity contribution in [2.24, 2.45) is 0 Å². The molecule has 0 radical (unpaired) electrons. The van der Waals surface area contributed by atoms with Crippen LogP contribution in [-0.4, -0.2) is 108 Å². The molecule has 0 saturated carbocycles. The largest absolute Gasteiger partial charge is 0.493 e. The molecule has 2 heterocycles. The molecular formula is C38H54FN3O7. The molecule has 10 nitrogen and oxygen atoms in total. The van der Waals surface area contributed by atoms with Crippen LogP contribution in [-0.2, 0) is 15.9 Å². The monoisotopic (exact) mass is 683 g/mol. The summed E-state index contributed by atoms with van der Waals surface area (Å²) in [6.45, 7) is 13.9. The summed E-state index contributed by atoms with van der Waals surface area (Å²) in [6, 6.07) is 7.44. The Morgan fingerprint density at radius 1 is 1.00 bits per heavy atom. The average molecular weight is 684 g/mol. The molecule has 3 amide bonds. The number of likely N-dealkylation sites (tertiary alicyclic amines) is 2. The number of hydrogen-bond donors (Lipinski definition) is 1. The maximum atomic E-state index is 15.7. The van der Waals surface area contributed by atoms with Crippen molar-refractivity contribution in [1.29, 1.82) is 0 Å². The van der Waals surface area contributed by atoms with E-state index < -0.39 is 17.5 Å². The molecule has 1 atom stereocenters. The van der Waals surface area contributed by atoms with Crippen molar-refractivity contribution >= 4 is 17.9 Å². The standard InChI is InChI=1S/C38H54FN3O7/c1-8-26-21-32(31-22-27(12-13-33(31)39)35(44)40-17-14-29(43)15-18-40)34(48-20-10-19-47-7)23-30(26)36(45)42(25(2)3)28-11-9-16-41(24-28)37(46)49-38(4,5)6/h12-13,21-23,25,28-29,43H,8-11,14-20,24H2,1-7H3. The zero-order valence-corrected chi connectivity index (χ0v) is 30.2. The van der Waals surface area contributed by atoms with Crippen molar-refractivity contribution in [2.45, 2.75) is 104 Å². The number of aryl methyl sites for hydroxylation is 1. The van der Waals surface area contributed by atoms with Gasteiger partial charge in [0.1, 0.15) is 17.2 Å². The first-order valence-corrected chi connectivity index (χ1v) is 17.6. The van der Waals surface area contributed by atoms with Gasteiger partial charge < -0.3 is 34.0 Å². The van der Waals surface area contributed by atoms with Crippen molar-refractivity contribution in [3.05, 3.63) is 52.8 Å². The Kier molecular flexibility index (Phi) is 13.1. The first kappa shape index (κ1) is 38.1. The summed E-state index contributed by atoms with van der Waals surface area (Å²) in [5.41, 5.74) is 1.55. The van der Waals surface area contributed by atoms with Crippen LogP contribution in [0.5, 0.6) is 5.75 Å². The smallest absolute Gasteiger partial charge is 0.410 e. The highest BCUT2D eigenvalue weighted by molar-refractivity contribution is 5.99. The number of halogens is 1. The Hall–Kier alpha value is -3.70. The summed E-state index contributed by atoms with van der Waals surface area (Å²) in [5.74, 6) is -0.586. The fourth-order valence-electron chi connectivity index (χ4n) is 6.58. The van der Waals surface area contributed by atoms with Crippen molar-refractivity contribution in [1.82, 2.24) is 14.7 Å². The predicted octanol–water partition coefficient (Wildman–Crippen LogP) is 6.32. The first-order chi connectivity index (χ1) is 23.2. The molecule has 11 heteroatoms. The molecule has 0 aliphatic carbocycles. The Labute approximate surface area is 290 Å². The van der Waals surface area contributed by atoms with Gasteiger partial charge in [0.15, 0.2) is 0 Å². The molecule has 2 aromatic rings. The zero-order chi connectivity index (χ0) is 35.9. The minimum atomic E-state index is -0.627. The van der Waals surface area contributed by atoms with Crippen LogP contribution in [0.4, 0.5) is 9.18 Å². The Morgan fingerprint density at radius 3 is 2.35 bits per heavy atom. The second-order valence-electron chi connectivity index (χ2n) is 14.3. The minimum absolute atomic E-state index is 0.164. The quantitative estimate of drug-likeness (QED) is 0.276. The number of benzene rings is 2. The number of carbonyl (C=O) groups excluding carboxylic acids is 3. The molecule has 2 aliphatic rings.